The highest BCUT2D eigenvalue weighted by Crippen LogP contribution is 2.29. The molecule has 1 fully saturated rings. The van der Waals surface area contributed by atoms with Gasteiger partial charge in [-0.25, -0.2) is 4.39 Å². The van der Waals surface area contributed by atoms with E-state index < -0.39 is 0 Å². The van der Waals surface area contributed by atoms with Gasteiger partial charge in [-0.05, 0) is 46.9 Å². The Morgan fingerprint density at radius 2 is 1.83 bits per heavy atom. The molecule has 2 aromatic carbocycles. The molecule has 3 rings (SSSR count). The molecule has 1 aliphatic heterocycles. The van der Waals surface area contributed by atoms with Crippen molar-refractivity contribution >= 4 is 22.6 Å². The van der Waals surface area contributed by atoms with E-state index in [0.717, 1.165) is 30.6 Å². The number of fused-ring (bicyclic) bond motifs is 1. The van der Waals surface area contributed by atoms with E-state index in [2.05, 4.69) is 18.7 Å². The molecule has 1 saturated heterocycles. The van der Waals surface area contributed by atoms with Crippen LogP contribution in [0.4, 0.5) is 4.39 Å². The molecule has 0 radical (unpaired) electrons. The van der Waals surface area contributed by atoms with Gasteiger partial charge in [-0.2, -0.15) is 0 Å². The van der Waals surface area contributed by atoms with Crippen LogP contribution in [0.25, 0.3) is 10.8 Å². The summed E-state index contributed by atoms with van der Waals surface area (Å²) in [6.45, 7) is 10.2. The van der Waals surface area contributed by atoms with Gasteiger partial charge in [-0.1, -0.05) is 26.0 Å². The van der Waals surface area contributed by atoms with Gasteiger partial charge < -0.3 is 9.64 Å². The molecule has 156 valence electrons. The molecule has 0 N–H and O–H groups in total. The summed E-state index contributed by atoms with van der Waals surface area (Å²) in [6, 6.07) is 6.28. The molecule has 1 amide bonds. The minimum absolute atomic E-state index is 0.0814. The number of carbonyl (C=O) groups excluding carboxylic acids is 2. The molecular formula is C23H29FN2O3. The molecule has 0 atom stereocenters. The zero-order chi connectivity index (χ0) is 21.1. The van der Waals surface area contributed by atoms with Crippen molar-refractivity contribution < 1.29 is 18.7 Å². The fourth-order valence-electron chi connectivity index (χ4n) is 4.02. The van der Waals surface area contributed by atoms with Crippen molar-refractivity contribution in [3.05, 3.63) is 46.8 Å². The van der Waals surface area contributed by atoms with Gasteiger partial charge in [0.2, 0.25) is 0 Å². The lowest BCUT2D eigenvalue weighted by Crippen LogP contribution is -2.49. The number of amides is 1. The number of nitrogens with zero attached hydrogens (tertiary/aromatic N) is 2. The fraction of sp³-hybridized carbons (Fsp3) is 0.478. The number of piperazine rings is 1. The Morgan fingerprint density at radius 3 is 2.45 bits per heavy atom. The maximum Gasteiger partial charge on any atom is 0.309 e. The minimum atomic E-state index is -0.381. The fourth-order valence-corrected chi connectivity index (χ4v) is 4.02. The highest BCUT2D eigenvalue weighted by Gasteiger charge is 2.26. The Bertz CT molecular complexity index is 918. The number of benzene rings is 2. The topological polar surface area (TPSA) is 49.9 Å². The average Bonchev–Trinajstić information content (AvgIpc) is 2.68. The van der Waals surface area contributed by atoms with E-state index in [9.17, 15) is 14.0 Å². The number of hydrogen-bond donors (Lipinski definition) is 0. The first-order valence-corrected chi connectivity index (χ1v) is 10.1. The molecular weight excluding hydrogens is 371 g/mol. The van der Waals surface area contributed by atoms with E-state index in [0.29, 0.717) is 35.5 Å². The summed E-state index contributed by atoms with van der Waals surface area (Å²) in [7, 11) is 1.34. The van der Waals surface area contributed by atoms with Crippen LogP contribution in [-0.4, -0.2) is 61.5 Å². The molecule has 6 heteroatoms. The van der Waals surface area contributed by atoms with Crippen LogP contribution in [0.1, 0.15) is 35.3 Å². The molecule has 0 bridgehead atoms. The molecule has 0 unspecified atom stereocenters. The van der Waals surface area contributed by atoms with Crippen LogP contribution in [0.15, 0.2) is 24.3 Å². The number of methoxy groups -OCH3 is 1. The lowest BCUT2D eigenvalue weighted by Gasteiger charge is -2.36. The molecule has 29 heavy (non-hydrogen) atoms. The predicted octanol–water partition coefficient (Wildman–Crippen LogP) is 3.42. The zero-order valence-electron chi connectivity index (χ0n) is 17.6. The maximum absolute atomic E-state index is 14.0. The zero-order valence-corrected chi connectivity index (χ0v) is 17.6. The van der Waals surface area contributed by atoms with Gasteiger partial charge in [0.15, 0.2) is 0 Å². The number of hydrogen-bond acceptors (Lipinski definition) is 4. The maximum atomic E-state index is 14.0. The summed E-state index contributed by atoms with van der Waals surface area (Å²) in [5, 5.41) is 1.34. The summed E-state index contributed by atoms with van der Waals surface area (Å²) in [4.78, 5) is 29.5. The highest BCUT2D eigenvalue weighted by molar-refractivity contribution is 6.09. The number of carbonyl (C=O) groups is 2. The minimum Gasteiger partial charge on any atom is -0.469 e. The van der Waals surface area contributed by atoms with Gasteiger partial charge in [0.05, 0.1) is 19.1 Å². The Balaban J connectivity index is 1.96. The first kappa shape index (κ1) is 21.2. The SMILES string of the molecule is COC(=O)Cc1cc2ccc(F)cc2c(C(=O)N2CCN(CC(C)C)CC2)c1C. The van der Waals surface area contributed by atoms with Crippen LogP contribution in [0.2, 0.25) is 0 Å². The van der Waals surface area contributed by atoms with Gasteiger partial charge in [-0.3, -0.25) is 14.5 Å². The summed E-state index contributed by atoms with van der Waals surface area (Å²) >= 11 is 0. The first-order valence-electron chi connectivity index (χ1n) is 10.1. The molecule has 2 aromatic rings. The first-order chi connectivity index (χ1) is 13.8. The summed E-state index contributed by atoms with van der Waals surface area (Å²) in [6.07, 6.45) is 0.0814. The quantitative estimate of drug-likeness (QED) is 0.722. The van der Waals surface area contributed by atoms with Crippen molar-refractivity contribution in [2.45, 2.75) is 27.2 Å². The van der Waals surface area contributed by atoms with Gasteiger partial charge in [-0.15, -0.1) is 0 Å². The standard InChI is InChI=1S/C23H29FN2O3/c1-15(2)14-25-7-9-26(10-8-25)23(28)22-16(3)18(12-21(27)29-4)11-17-5-6-19(24)13-20(17)22/h5-6,11,13,15H,7-10,12,14H2,1-4H3. The van der Waals surface area contributed by atoms with Crippen molar-refractivity contribution in [2.24, 2.45) is 5.92 Å². The van der Waals surface area contributed by atoms with Crippen molar-refractivity contribution in [1.82, 2.24) is 9.80 Å². The van der Waals surface area contributed by atoms with Gasteiger partial charge in [0, 0.05) is 32.7 Å². The number of ether oxygens (including phenoxy) is 1. The number of esters is 1. The Kier molecular flexibility index (Phi) is 6.52. The van der Waals surface area contributed by atoms with Crippen molar-refractivity contribution in [1.29, 1.82) is 0 Å². The summed E-state index contributed by atoms with van der Waals surface area (Å²) in [5.41, 5.74) is 1.93. The lowest BCUT2D eigenvalue weighted by molar-refractivity contribution is -0.139. The summed E-state index contributed by atoms with van der Waals surface area (Å²) < 4.78 is 18.8. The van der Waals surface area contributed by atoms with Gasteiger partial charge in [0.25, 0.3) is 5.91 Å². The molecule has 0 spiro atoms. The van der Waals surface area contributed by atoms with Gasteiger partial charge in [0.1, 0.15) is 5.82 Å². The van der Waals surface area contributed by atoms with Crippen LogP contribution >= 0.6 is 0 Å². The number of rotatable bonds is 5. The molecule has 1 heterocycles. The van der Waals surface area contributed by atoms with Crippen LogP contribution in [0.5, 0.6) is 0 Å². The van der Waals surface area contributed by atoms with Crippen molar-refractivity contribution in [3.63, 3.8) is 0 Å². The Labute approximate surface area is 171 Å². The molecule has 0 aliphatic carbocycles. The molecule has 0 saturated carbocycles. The monoisotopic (exact) mass is 400 g/mol. The largest absolute Gasteiger partial charge is 0.469 e. The third kappa shape index (κ3) is 4.75. The van der Waals surface area contributed by atoms with E-state index in [4.69, 9.17) is 4.74 Å². The third-order valence-electron chi connectivity index (χ3n) is 5.53. The highest BCUT2D eigenvalue weighted by atomic mass is 19.1. The van der Waals surface area contributed by atoms with Crippen LogP contribution < -0.4 is 0 Å². The Morgan fingerprint density at radius 1 is 1.14 bits per heavy atom. The predicted molar refractivity (Wildman–Crippen MR) is 112 cm³/mol. The van der Waals surface area contributed by atoms with Crippen molar-refractivity contribution in [2.75, 3.05) is 39.8 Å². The van der Waals surface area contributed by atoms with Crippen LogP contribution in [0.3, 0.4) is 0 Å². The van der Waals surface area contributed by atoms with E-state index in [-0.39, 0.29) is 24.1 Å². The second-order valence-electron chi connectivity index (χ2n) is 8.14. The van der Waals surface area contributed by atoms with Gasteiger partial charge >= 0.3 is 5.97 Å². The van der Waals surface area contributed by atoms with Crippen LogP contribution in [0, 0.1) is 18.7 Å². The van der Waals surface area contributed by atoms with Crippen LogP contribution in [-0.2, 0) is 16.0 Å². The number of halogens is 1. The third-order valence-corrected chi connectivity index (χ3v) is 5.53. The van der Waals surface area contributed by atoms with E-state index in [1.54, 1.807) is 6.07 Å². The average molecular weight is 400 g/mol. The van der Waals surface area contributed by atoms with Crippen molar-refractivity contribution in [3.8, 4) is 0 Å². The second kappa shape index (κ2) is 8.91. The van der Waals surface area contributed by atoms with E-state index >= 15 is 0 Å². The Hall–Kier alpha value is -2.47. The molecule has 0 aromatic heterocycles. The lowest BCUT2D eigenvalue weighted by atomic mass is 9.92. The summed E-state index contributed by atoms with van der Waals surface area (Å²) in [5.74, 6) is -0.265. The van der Waals surface area contributed by atoms with E-state index in [1.165, 1.54) is 19.2 Å². The second-order valence-corrected chi connectivity index (χ2v) is 8.14. The van der Waals surface area contributed by atoms with E-state index in [1.807, 2.05) is 17.9 Å². The molecule has 1 aliphatic rings. The molecule has 5 nitrogen and oxygen atoms in total. The normalized spacial score (nSPS) is 15.2. The smallest absolute Gasteiger partial charge is 0.309 e.